The maximum atomic E-state index is 12.7. The SMILES string of the molecule is CC/C(C)=C\N(c1cc(OC)c(C(=O)NCC(F)(F)F)c(OC)c1)c1ccc(C(=N)/C=C\NC)cc1C. The molecule has 0 aliphatic rings. The largest absolute Gasteiger partial charge is 0.496 e. The number of halogens is 3. The van der Waals surface area contributed by atoms with Crippen LogP contribution in [0.3, 0.4) is 0 Å². The lowest BCUT2D eigenvalue weighted by atomic mass is 10.0. The van der Waals surface area contributed by atoms with Crippen molar-refractivity contribution in [3.8, 4) is 11.5 Å². The fourth-order valence-electron chi connectivity index (χ4n) is 3.48. The number of hydrogen-bond acceptors (Lipinski definition) is 6. The molecule has 0 atom stereocenters. The summed E-state index contributed by atoms with van der Waals surface area (Å²) in [6.45, 7) is 4.44. The molecule has 0 saturated heterocycles. The topological polar surface area (TPSA) is 86.7 Å². The minimum atomic E-state index is -4.56. The molecule has 0 spiro atoms. The monoisotopic (exact) mass is 518 g/mol. The predicted octanol–water partition coefficient (Wildman–Crippen LogP) is 5.86. The fraction of sp³-hybridized carbons (Fsp3) is 0.333. The lowest BCUT2D eigenvalue weighted by molar-refractivity contribution is -0.123. The van der Waals surface area contributed by atoms with Gasteiger partial charge in [-0.1, -0.05) is 18.6 Å². The molecular formula is C27H33F3N4O3. The second kappa shape index (κ2) is 12.8. The van der Waals surface area contributed by atoms with Gasteiger partial charge in [0.2, 0.25) is 0 Å². The lowest BCUT2D eigenvalue weighted by Gasteiger charge is -2.26. The van der Waals surface area contributed by atoms with E-state index in [0.29, 0.717) is 11.4 Å². The first-order valence-corrected chi connectivity index (χ1v) is 11.6. The van der Waals surface area contributed by atoms with Gasteiger partial charge in [0.25, 0.3) is 5.91 Å². The molecular weight excluding hydrogens is 485 g/mol. The summed E-state index contributed by atoms with van der Waals surface area (Å²) in [6, 6.07) is 8.77. The summed E-state index contributed by atoms with van der Waals surface area (Å²) in [5, 5.41) is 13.0. The molecule has 2 aromatic rings. The number of ether oxygens (including phenoxy) is 2. The van der Waals surface area contributed by atoms with Crippen molar-refractivity contribution >= 4 is 23.0 Å². The fourth-order valence-corrected chi connectivity index (χ4v) is 3.48. The summed E-state index contributed by atoms with van der Waals surface area (Å²) in [4.78, 5) is 14.5. The Kier molecular flexibility index (Phi) is 10.2. The highest BCUT2D eigenvalue weighted by molar-refractivity contribution is 6.07. The molecule has 0 unspecified atom stereocenters. The number of aryl methyl sites for hydroxylation is 1. The van der Waals surface area contributed by atoms with Crippen LogP contribution in [0.25, 0.3) is 0 Å². The van der Waals surface area contributed by atoms with E-state index in [2.05, 4.69) is 5.32 Å². The Labute approximate surface area is 215 Å². The van der Waals surface area contributed by atoms with E-state index in [0.717, 1.165) is 28.8 Å². The number of alkyl halides is 3. The van der Waals surface area contributed by atoms with Gasteiger partial charge in [-0.25, -0.2) is 0 Å². The number of allylic oxidation sites excluding steroid dienone is 2. The number of methoxy groups -OCH3 is 2. The molecule has 0 bridgehead atoms. The van der Waals surface area contributed by atoms with E-state index < -0.39 is 18.6 Å². The second-order valence-electron chi connectivity index (χ2n) is 8.26. The highest BCUT2D eigenvalue weighted by Gasteiger charge is 2.30. The first-order valence-electron chi connectivity index (χ1n) is 11.6. The average Bonchev–Trinajstić information content (AvgIpc) is 2.87. The maximum absolute atomic E-state index is 12.7. The predicted molar refractivity (Wildman–Crippen MR) is 140 cm³/mol. The Hall–Kier alpha value is -3.95. The third-order valence-corrected chi connectivity index (χ3v) is 5.54. The van der Waals surface area contributed by atoms with Crippen molar-refractivity contribution in [1.29, 1.82) is 5.41 Å². The molecule has 37 heavy (non-hydrogen) atoms. The van der Waals surface area contributed by atoms with Gasteiger partial charge in [0.1, 0.15) is 23.6 Å². The number of amides is 1. The molecule has 7 nitrogen and oxygen atoms in total. The molecule has 0 radical (unpaired) electrons. The van der Waals surface area contributed by atoms with Crippen molar-refractivity contribution < 1.29 is 27.4 Å². The number of carbonyl (C=O) groups excluding carboxylic acids is 1. The van der Waals surface area contributed by atoms with Crippen LogP contribution in [0.4, 0.5) is 24.5 Å². The number of nitrogens with zero attached hydrogens (tertiary/aromatic N) is 1. The molecule has 3 N–H and O–H groups in total. The van der Waals surface area contributed by atoms with Gasteiger partial charge in [0, 0.05) is 31.1 Å². The van der Waals surface area contributed by atoms with E-state index in [-0.39, 0.29) is 17.1 Å². The molecule has 0 heterocycles. The van der Waals surface area contributed by atoms with Crippen molar-refractivity contribution in [3.63, 3.8) is 0 Å². The molecule has 200 valence electrons. The average molecular weight is 519 g/mol. The molecule has 2 rings (SSSR count). The van der Waals surface area contributed by atoms with Crippen molar-refractivity contribution in [2.24, 2.45) is 0 Å². The van der Waals surface area contributed by atoms with Crippen LogP contribution in [0.5, 0.6) is 11.5 Å². The minimum absolute atomic E-state index is 0.0647. The standard InChI is InChI=1S/C27H33F3N4O3/c1-7-17(2)15-34(22-9-8-19(12-18(22)3)21(31)10-11-32-4)20-13-23(36-5)25(24(14-20)37-6)26(35)33-16-27(28,29)30/h8-15,31-32H,7,16H2,1-6H3,(H,33,35)/b11-10-,17-15-,31-21?. The zero-order valence-corrected chi connectivity index (χ0v) is 21.8. The Balaban J connectivity index is 2.64. The normalized spacial score (nSPS) is 11.9. The van der Waals surface area contributed by atoms with E-state index in [1.165, 1.54) is 14.2 Å². The molecule has 2 aromatic carbocycles. The van der Waals surface area contributed by atoms with E-state index >= 15 is 0 Å². The Morgan fingerprint density at radius 1 is 1.14 bits per heavy atom. The number of benzene rings is 2. The highest BCUT2D eigenvalue weighted by Crippen LogP contribution is 2.39. The molecule has 0 saturated carbocycles. The zero-order chi connectivity index (χ0) is 27.8. The van der Waals surface area contributed by atoms with E-state index in [4.69, 9.17) is 14.9 Å². The van der Waals surface area contributed by atoms with E-state index in [1.54, 1.807) is 31.5 Å². The third kappa shape index (κ3) is 7.77. The first kappa shape index (κ1) is 29.3. The van der Waals surface area contributed by atoms with Crippen molar-refractivity contribution in [1.82, 2.24) is 10.6 Å². The van der Waals surface area contributed by atoms with Gasteiger partial charge in [-0.15, -0.1) is 0 Å². The van der Waals surface area contributed by atoms with Crippen LogP contribution in [-0.4, -0.2) is 45.6 Å². The molecule has 0 aliphatic heterocycles. The number of hydrogen-bond donors (Lipinski definition) is 3. The maximum Gasteiger partial charge on any atom is 0.405 e. The zero-order valence-electron chi connectivity index (χ0n) is 21.8. The van der Waals surface area contributed by atoms with E-state index in [9.17, 15) is 18.0 Å². The van der Waals surface area contributed by atoms with Crippen LogP contribution in [-0.2, 0) is 0 Å². The number of anilines is 2. The molecule has 0 aliphatic carbocycles. The van der Waals surface area contributed by atoms with Crippen LogP contribution in [0.1, 0.15) is 41.8 Å². The van der Waals surface area contributed by atoms with Crippen LogP contribution in [0, 0.1) is 12.3 Å². The van der Waals surface area contributed by atoms with E-state index in [1.807, 2.05) is 55.4 Å². The first-order chi connectivity index (χ1) is 17.4. The molecule has 1 amide bonds. The lowest BCUT2D eigenvalue weighted by Crippen LogP contribution is -2.34. The number of rotatable bonds is 11. The molecule has 0 fully saturated rings. The summed E-state index contributed by atoms with van der Waals surface area (Å²) in [5.74, 6) is -0.831. The summed E-state index contributed by atoms with van der Waals surface area (Å²) in [6.07, 6.45) is 1.49. The highest BCUT2D eigenvalue weighted by atomic mass is 19.4. The Bertz CT molecular complexity index is 1160. The van der Waals surface area contributed by atoms with Crippen molar-refractivity contribution in [2.75, 3.05) is 32.7 Å². The smallest absolute Gasteiger partial charge is 0.405 e. The van der Waals surface area contributed by atoms with Crippen molar-refractivity contribution in [2.45, 2.75) is 33.4 Å². The van der Waals surface area contributed by atoms with Gasteiger partial charge in [-0.3, -0.25) is 4.79 Å². The van der Waals surface area contributed by atoms with Gasteiger partial charge >= 0.3 is 6.18 Å². The summed E-state index contributed by atoms with van der Waals surface area (Å²) >= 11 is 0. The van der Waals surface area contributed by atoms with Crippen LogP contribution in [0.15, 0.2) is 54.4 Å². The number of nitrogens with one attached hydrogen (secondary N) is 3. The van der Waals surface area contributed by atoms with Crippen LogP contribution < -0.4 is 25.0 Å². The van der Waals surface area contributed by atoms with Crippen LogP contribution in [0.2, 0.25) is 0 Å². The van der Waals surface area contributed by atoms with Crippen molar-refractivity contribution in [3.05, 3.63) is 71.1 Å². The van der Waals surface area contributed by atoms with Gasteiger partial charge < -0.3 is 30.4 Å². The van der Waals surface area contributed by atoms with Gasteiger partial charge in [-0.05, 0) is 55.8 Å². The van der Waals surface area contributed by atoms with Crippen LogP contribution >= 0.6 is 0 Å². The Morgan fingerprint density at radius 3 is 2.24 bits per heavy atom. The molecule has 0 aromatic heterocycles. The quantitative estimate of drug-likeness (QED) is 0.325. The van der Waals surface area contributed by atoms with Gasteiger partial charge in [0.15, 0.2) is 0 Å². The van der Waals surface area contributed by atoms with Gasteiger partial charge in [0.05, 0.1) is 25.6 Å². The second-order valence-corrected chi connectivity index (χ2v) is 8.26. The summed E-state index contributed by atoms with van der Waals surface area (Å²) < 4.78 is 48.8. The summed E-state index contributed by atoms with van der Waals surface area (Å²) in [7, 11) is 4.42. The summed E-state index contributed by atoms with van der Waals surface area (Å²) in [5.41, 5.74) is 4.26. The molecule has 10 heteroatoms. The Morgan fingerprint density at radius 2 is 1.76 bits per heavy atom. The third-order valence-electron chi connectivity index (χ3n) is 5.54. The van der Waals surface area contributed by atoms with Gasteiger partial charge in [-0.2, -0.15) is 13.2 Å². The number of carbonyl (C=O) groups is 1. The minimum Gasteiger partial charge on any atom is -0.496 e.